The predicted octanol–water partition coefficient (Wildman–Crippen LogP) is 0.307. The van der Waals surface area contributed by atoms with Crippen molar-refractivity contribution >= 4 is 22.9 Å². The Morgan fingerprint density at radius 3 is 2.77 bits per heavy atom. The number of nitrogens with zero attached hydrogens (tertiary/aromatic N) is 2. The van der Waals surface area contributed by atoms with Gasteiger partial charge >= 0.3 is 12.1 Å². The summed E-state index contributed by atoms with van der Waals surface area (Å²) in [6, 6.07) is 0. The molecule has 2 rings (SSSR count). The van der Waals surface area contributed by atoms with Crippen molar-refractivity contribution in [2.45, 2.75) is 0 Å². The Hall–Kier alpha value is -1.85. The third-order valence-corrected chi connectivity index (χ3v) is 1.74. The number of hydrogen-bond donors (Lipinski definition) is 1. The largest absolute Gasteiger partial charge is 0.614 e. The van der Waals surface area contributed by atoms with E-state index >= 15 is 0 Å². The van der Waals surface area contributed by atoms with Crippen molar-refractivity contribution in [1.82, 2.24) is 0 Å². The summed E-state index contributed by atoms with van der Waals surface area (Å²) in [7, 11) is 3.53. The summed E-state index contributed by atoms with van der Waals surface area (Å²) >= 11 is 0. The molecule has 0 saturated carbocycles. The number of nitrogens with two attached hydrogens (primary N) is 1. The summed E-state index contributed by atoms with van der Waals surface area (Å²) in [6.07, 6.45) is 1.00. The van der Waals surface area contributed by atoms with Crippen molar-refractivity contribution in [3.05, 3.63) is 11.6 Å². The Morgan fingerprint density at radius 1 is 1.54 bits per heavy atom. The number of anilines is 2. The van der Waals surface area contributed by atoms with Crippen LogP contribution in [0.3, 0.4) is 0 Å². The summed E-state index contributed by atoms with van der Waals surface area (Å²) in [4.78, 5) is 1.67. The highest BCUT2D eigenvalue weighted by Crippen LogP contribution is 2.32. The minimum atomic E-state index is 0.0983. The highest BCUT2D eigenvalue weighted by atomic mass is 16.5. The Balaban J connectivity index is 2.74. The second-order valence-electron chi connectivity index (χ2n) is 2.90. The van der Waals surface area contributed by atoms with Gasteiger partial charge in [-0.1, -0.05) is 0 Å². The molecule has 0 aliphatic heterocycles. The van der Waals surface area contributed by atoms with Crippen molar-refractivity contribution in [2.24, 2.45) is 0 Å². The minimum absolute atomic E-state index is 0.0983. The number of oxazole rings is 1. The number of furan rings is 1. The van der Waals surface area contributed by atoms with Gasteiger partial charge in [0.1, 0.15) is 5.69 Å². The average molecular weight is 183 g/mol. The number of fused-ring (bicyclic) bond motifs is 1. The van der Waals surface area contributed by atoms with Gasteiger partial charge in [-0.25, -0.2) is 0 Å². The molecular formula is C7H9N3O3. The van der Waals surface area contributed by atoms with Gasteiger partial charge in [-0.3, -0.25) is 0 Å². The molecule has 2 aromatic heterocycles. The van der Waals surface area contributed by atoms with Crippen LogP contribution in [0.15, 0.2) is 15.2 Å². The average Bonchev–Trinajstić information content (AvgIpc) is 2.55. The molecular weight excluding hydrogens is 174 g/mol. The van der Waals surface area contributed by atoms with E-state index in [2.05, 4.69) is 0 Å². The Morgan fingerprint density at radius 2 is 2.23 bits per heavy atom. The number of hydrogen-bond acceptors (Lipinski definition) is 5. The molecule has 0 spiro atoms. The molecule has 0 atom stereocenters. The molecule has 0 fully saturated rings. The van der Waals surface area contributed by atoms with E-state index in [1.165, 1.54) is 0 Å². The molecule has 0 amide bonds. The van der Waals surface area contributed by atoms with Crippen LogP contribution < -0.4 is 15.4 Å². The van der Waals surface area contributed by atoms with Crippen LogP contribution in [0, 0.1) is 5.21 Å². The summed E-state index contributed by atoms with van der Waals surface area (Å²) < 4.78 is 10.6. The van der Waals surface area contributed by atoms with Crippen molar-refractivity contribution in [2.75, 3.05) is 24.7 Å². The van der Waals surface area contributed by atoms with E-state index in [4.69, 9.17) is 14.6 Å². The van der Waals surface area contributed by atoms with E-state index in [0.29, 0.717) is 21.9 Å². The van der Waals surface area contributed by atoms with Gasteiger partial charge in [0.25, 0.3) is 5.58 Å². The first-order chi connectivity index (χ1) is 6.11. The van der Waals surface area contributed by atoms with Crippen LogP contribution in [-0.2, 0) is 0 Å². The second-order valence-corrected chi connectivity index (χ2v) is 2.90. The van der Waals surface area contributed by atoms with Crippen LogP contribution in [0.1, 0.15) is 0 Å². The molecule has 70 valence electrons. The lowest BCUT2D eigenvalue weighted by Crippen LogP contribution is -2.21. The van der Waals surface area contributed by atoms with Crippen molar-refractivity contribution in [3.63, 3.8) is 0 Å². The fourth-order valence-corrected chi connectivity index (χ4v) is 1.14. The molecule has 2 N–H and O–H groups in total. The smallest absolute Gasteiger partial charge is 0.435 e. The van der Waals surface area contributed by atoms with Crippen LogP contribution in [0.4, 0.5) is 11.6 Å². The zero-order valence-electron chi connectivity index (χ0n) is 7.27. The fraction of sp³-hybridized carbons (Fsp3) is 0.286. The fourth-order valence-electron chi connectivity index (χ4n) is 1.14. The van der Waals surface area contributed by atoms with Crippen LogP contribution in [0.5, 0.6) is 0 Å². The summed E-state index contributed by atoms with van der Waals surface area (Å²) in [5, 5.41) is 11.0. The predicted molar refractivity (Wildman–Crippen MR) is 46.2 cm³/mol. The molecule has 0 aliphatic rings. The van der Waals surface area contributed by atoms with E-state index in [1.54, 1.807) is 19.0 Å². The van der Waals surface area contributed by atoms with Gasteiger partial charge in [0.2, 0.25) is 5.88 Å². The van der Waals surface area contributed by atoms with Crippen molar-refractivity contribution in [3.8, 4) is 0 Å². The molecule has 6 nitrogen and oxygen atoms in total. The molecule has 0 radical (unpaired) electrons. The van der Waals surface area contributed by atoms with Crippen LogP contribution >= 0.6 is 0 Å². The minimum Gasteiger partial charge on any atom is -0.614 e. The lowest BCUT2D eigenvalue weighted by Gasteiger charge is -2.06. The van der Waals surface area contributed by atoms with Gasteiger partial charge in [0.05, 0.1) is 0 Å². The molecule has 2 aromatic rings. The highest BCUT2D eigenvalue weighted by Gasteiger charge is 2.23. The standard InChI is InChI=1S/C7H9N3O3/c1-9(2)6-4(8)5-7(13-6)10(11)3-12-5/h3H,8H2,1-2H3. The normalized spacial score (nSPS) is 10.9. The monoisotopic (exact) mass is 183 g/mol. The maximum Gasteiger partial charge on any atom is 0.435 e. The summed E-state index contributed by atoms with van der Waals surface area (Å²) in [5.41, 5.74) is 6.40. The summed E-state index contributed by atoms with van der Waals surface area (Å²) in [5.74, 6) is 0.430. The van der Waals surface area contributed by atoms with E-state index in [-0.39, 0.29) is 5.71 Å². The van der Waals surface area contributed by atoms with Gasteiger partial charge in [0.15, 0.2) is 0 Å². The Labute approximate surface area is 73.7 Å². The van der Waals surface area contributed by atoms with Crippen molar-refractivity contribution in [1.29, 1.82) is 0 Å². The quantitative estimate of drug-likeness (QED) is 0.508. The lowest BCUT2D eigenvalue weighted by atomic mass is 10.4. The Bertz CT molecular complexity index is 443. The number of rotatable bonds is 1. The first kappa shape index (κ1) is 7.78. The van der Waals surface area contributed by atoms with Gasteiger partial charge < -0.3 is 24.7 Å². The van der Waals surface area contributed by atoms with Gasteiger partial charge in [-0.15, -0.1) is 4.73 Å². The third kappa shape index (κ3) is 0.915. The number of aromatic nitrogens is 1. The molecule has 2 heterocycles. The molecule has 0 unspecified atom stereocenters. The van der Waals surface area contributed by atoms with E-state index in [1.807, 2.05) is 0 Å². The van der Waals surface area contributed by atoms with E-state index < -0.39 is 0 Å². The zero-order chi connectivity index (χ0) is 9.59. The zero-order valence-corrected chi connectivity index (χ0v) is 7.27. The molecule has 6 heteroatoms. The maximum atomic E-state index is 11.0. The second kappa shape index (κ2) is 2.32. The Kier molecular flexibility index (Phi) is 1.39. The molecule has 0 bridgehead atoms. The molecule has 13 heavy (non-hydrogen) atoms. The first-order valence-electron chi connectivity index (χ1n) is 3.67. The molecule has 0 saturated heterocycles. The van der Waals surface area contributed by atoms with E-state index in [9.17, 15) is 5.21 Å². The maximum absolute atomic E-state index is 11.0. The lowest BCUT2D eigenvalue weighted by molar-refractivity contribution is -0.590. The van der Waals surface area contributed by atoms with E-state index in [0.717, 1.165) is 6.39 Å². The van der Waals surface area contributed by atoms with Crippen LogP contribution in [0.25, 0.3) is 11.3 Å². The third-order valence-electron chi connectivity index (χ3n) is 1.74. The number of nitrogen functional groups attached to an aromatic ring is 1. The van der Waals surface area contributed by atoms with Crippen molar-refractivity contribution < 1.29 is 13.6 Å². The topological polar surface area (TPSA) is 82.5 Å². The molecule has 0 aliphatic carbocycles. The SMILES string of the molecule is CN(C)c1oc2c(oc[n+]2[O-])c1N. The first-order valence-corrected chi connectivity index (χ1v) is 3.67. The van der Waals surface area contributed by atoms with Gasteiger partial charge in [-0.05, 0) is 0 Å². The van der Waals surface area contributed by atoms with Crippen LogP contribution in [-0.4, -0.2) is 14.1 Å². The van der Waals surface area contributed by atoms with Gasteiger partial charge in [0, 0.05) is 14.1 Å². The van der Waals surface area contributed by atoms with Crippen LogP contribution in [0.2, 0.25) is 0 Å². The highest BCUT2D eigenvalue weighted by molar-refractivity contribution is 5.87. The van der Waals surface area contributed by atoms with Gasteiger partial charge in [-0.2, -0.15) is 0 Å². The summed E-state index contributed by atoms with van der Waals surface area (Å²) in [6.45, 7) is 0. The molecule has 0 aromatic carbocycles.